The van der Waals surface area contributed by atoms with E-state index >= 15 is 0 Å². The van der Waals surface area contributed by atoms with Gasteiger partial charge in [0, 0.05) is 17.0 Å². The Bertz CT molecular complexity index is 940. The minimum absolute atomic E-state index is 0.0385. The Kier molecular flexibility index (Phi) is 3.69. The molecule has 0 spiro atoms. The predicted molar refractivity (Wildman–Crippen MR) is 92.2 cm³/mol. The molecule has 1 aliphatic carbocycles. The molecular formula is C18H16N2O3S. The molecule has 0 atom stereocenters. The van der Waals surface area contributed by atoms with Crippen molar-refractivity contribution in [1.82, 2.24) is 10.3 Å². The number of nitrogens with one attached hydrogen (secondary N) is 1. The van der Waals surface area contributed by atoms with Gasteiger partial charge in [0.15, 0.2) is 0 Å². The fourth-order valence-corrected chi connectivity index (χ4v) is 4.19. The van der Waals surface area contributed by atoms with Crippen LogP contribution in [-0.4, -0.2) is 10.9 Å². The molecule has 2 heterocycles. The van der Waals surface area contributed by atoms with Crippen molar-refractivity contribution >= 4 is 28.2 Å². The van der Waals surface area contributed by atoms with Gasteiger partial charge in [-0.25, -0.2) is 9.78 Å². The van der Waals surface area contributed by atoms with Gasteiger partial charge < -0.3 is 9.73 Å². The Hall–Kier alpha value is -2.47. The maximum absolute atomic E-state index is 12.8. The summed E-state index contributed by atoms with van der Waals surface area (Å²) in [5, 5.41) is 6.61. The highest BCUT2D eigenvalue weighted by Gasteiger charge is 2.39. The Morgan fingerprint density at radius 1 is 1.25 bits per heavy atom. The molecule has 6 heteroatoms. The number of rotatable bonds is 3. The summed E-state index contributed by atoms with van der Waals surface area (Å²) in [7, 11) is 0. The Balaban J connectivity index is 1.71. The molecule has 2 aromatic heterocycles. The number of para-hydroxylation sites is 1. The number of carbonyl (C=O) groups excluding carboxylic acids is 1. The molecule has 1 aliphatic rings. The van der Waals surface area contributed by atoms with Gasteiger partial charge in [-0.3, -0.25) is 4.79 Å². The Morgan fingerprint density at radius 3 is 2.79 bits per heavy atom. The highest BCUT2D eigenvalue weighted by atomic mass is 32.1. The molecule has 5 nitrogen and oxygen atoms in total. The molecule has 1 fully saturated rings. The number of nitrogens with zero attached hydrogens (tertiary/aromatic N) is 1. The first-order valence-corrected chi connectivity index (χ1v) is 8.81. The monoisotopic (exact) mass is 340 g/mol. The van der Waals surface area contributed by atoms with Crippen LogP contribution < -0.4 is 10.9 Å². The predicted octanol–water partition coefficient (Wildman–Crippen LogP) is 3.45. The number of thiazole rings is 1. The zero-order valence-electron chi connectivity index (χ0n) is 13.0. The molecule has 0 bridgehead atoms. The number of carbonyl (C=O) groups is 1. The molecule has 1 aromatic carbocycles. The van der Waals surface area contributed by atoms with Crippen molar-refractivity contribution in [2.75, 3.05) is 0 Å². The van der Waals surface area contributed by atoms with E-state index in [-0.39, 0.29) is 5.56 Å². The molecule has 0 radical (unpaired) electrons. The van der Waals surface area contributed by atoms with Crippen LogP contribution in [0.15, 0.2) is 51.1 Å². The molecule has 0 unspecified atom stereocenters. The van der Waals surface area contributed by atoms with E-state index in [9.17, 15) is 9.59 Å². The zero-order valence-corrected chi connectivity index (χ0v) is 13.8. The first-order valence-electron chi connectivity index (χ1n) is 7.93. The highest BCUT2D eigenvalue weighted by molar-refractivity contribution is 7.09. The average molecular weight is 340 g/mol. The lowest BCUT2D eigenvalue weighted by Gasteiger charge is -2.28. The third kappa shape index (κ3) is 2.53. The van der Waals surface area contributed by atoms with E-state index in [1.807, 2.05) is 17.5 Å². The standard InChI is InChI=1S/C18H16N2O3S/c21-15(13-11-12-5-1-2-6-14(12)23-16(13)22)20-18(7-3-4-8-18)17-19-9-10-24-17/h1-2,5-6,9-11H,3-4,7-8H2,(H,20,21). The first kappa shape index (κ1) is 15.1. The van der Waals surface area contributed by atoms with Gasteiger partial charge in [0.2, 0.25) is 0 Å². The smallest absolute Gasteiger partial charge is 0.349 e. The van der Waals surface area contributed by atoms with E-state index < -0.39 is 17.1 Å². The van der Waals surface area contributed by atoms with Gasteiger partial charge in [-0.15, -0.1) is 11.3 Å². The van der Waals surface area contributed by atoms with E-state index in [1.54, 1.807) is 24.4 Å². The van der Waals surface area contributed by atoms with Gasteiger partial charge in [-0.2, -0.15) is 0 Å². The lowest BCUT2D eigenvalue weighted by molar-refractivity contribution is 0.0894. The number of hydrogen-bond acceptors (Lipinski definition) is 5. The van der Waals surface area contributed by atoms with Crippen LogP contribution in [0.1, 0.15) is 41.0 Å². The van der Waals surface area contributed by atoms with Crippen molar-refractivity contribution in [1.29, 1.82) is 0 Å². The quantitative estimate of drug-likeness (QED) is 0.741. The van der Waals surface area contributed by atoms with Crippen molar-refractivity contribution in [3.8, 4) is 0 Å². The lowest BCUT2D eigenvalue weighted by Crippen LogP contribution is -2.45. The van der Waals surface area contributed by atoms with Gasteiger partial charge in [0.25, 0.3) is 5.91 Å². The van der Waals surface area contributed by atoms with Crippen molar-refractivity contribution in [2.45, 2.75) is 31.2 Å². The van der Waals surface area contributed by atoms with Crippen LogP contribution in [0.25, 0.3) is 11.0 Å². The summed E-state index contributed by atoms with van der Waals surface area (Å²) in [6.45, 7) is 0. The summed E-state index contributed by atoms with van der Waals surface area (Å²) in [5.41, 5.74) is -0.562. The van der Waals surface area contributed by atoms with E-state index in [0.717, 1.165) is 36.1 Å². The fraction of sp³-hybridized carbons (Fsp3) is 0.278. The van der Waals surface area contributed by atoms with E-state index in [0.29, 0.717) is 5.58 Å². The number of aromatic nitrogens is 1. The van der Waals surface area contributed by atoms with Crippen LogP contribution >= 0.6 is 11.3 Å². The van der Waals surface area contributed by atoms with Crippen LogP contribution in [0.4, 0.5) is 0 Å². The number of benzene rings is 1. The summed E-state index contributed by atoms with van der Waals surface area (Å²) in [6, 6.07) is 8.77. The van der Waals surface area contributed by atoms with E-state index in [1.165, 1.54) is 11.3 Å². The van der Waals surface area contributed by atoms with Gasteiger partial charge in [0.1, 0.15) is 16.2 Å². The molecule has 4 rings (SSSR count). The maximum atomic E-state index is 12.8. The van der Waals surface area contributed by atoms with Crippen molar-refractivity contribution < 1.29 is 9.21 Å². The van der Waals surface area contributed by atoms with E-state index in [2.05, 4.69) is 10.3 Å². The average Bonchev–Trinajstić information content (AvgIpc) is 3.26. The van der Waals surface area contributed by atoms with Crippen LogP contribution in [0.2, 0.25) is 0 Å². The minimum Gasteiger partial charge on any atom is -0.422 e. The summed E-state index contributed by atoms with van der Waals surface area (Å²) in [4.78, 5) is 29.4. The normalized spacial score (nSPS) is 16.3. The van der Waals surface area contributed by atoms with Crippen LogP contribution in [0.3, 0.4) is 0 Å². The number of fused-ring (bicyclic) bond motifs is 1. The third-order valence-electron chi connectivity index (χ3n) is 4.54. The second kappa shape index (κ2) is 5.87. The SMILES string of the molecule is O=C(NC1(c2nccs2)CCCC1)c1cc2ccccc2oc1=O. The second-order valence-electron chi connectivity index (χ2n) is 6.07. The maximum Gasteiger partial charge on any atom is 0.349 e. The molecule has 1 N–H and O–H groups in total. The van der Waals surface area contributed by atoms with Crippen molar-refractivity contribution in [3.05, 3.63) is 62.9 Å². The molecule has 0 aliphatic heterocycles. The molecule has 3 aromatic rings. The van der Waals surface area contributed by atoms with Gasteiger partial charge >= 0.3 is 5.63 Å². The molecule has 24 heavy (non-hydrogen) atoms. The molecule has 0 saturated heterocycles. The largest absolute Gasteiger partial charge is 0.422 e. The summed E-state index contributed by atoms with van der Waals surface area (Å²) >= 11 is 1.54. The van der Waals surface area contributed by atoms with Crippen LogP contribution in [-0.2, 0) is 5.54 Å². The first-order chi connectivity index (χ1) is 11.7. The zero-order chi connectivity index (χ0) is 16.6. The second-order valence-corrected chi connectivity index (χ2v) is 6.96. The summed E-state index contributed by atoms with van der Waals surface area (Å²) in [5.74, 6) is -0.397. The topological polar surface area (TPSA) is 72.2 Å². The van der Waals surface area contributed by atoms with Gasteiger partial charge in [-0.1, -0.05) is 31.0 Å². The summed E-state index contributed by atoms with van der Waals surface area (Å²) in [6.07, 6.45) is 5.49. The molecule has 1 amide bonds. The van der Waals surface area contributed by atoms with Crippen molar-refractivity contribution in [2.24, 2.45) is 0 Å². The molecule has 1 saturated carbocycles. The number of hydrogen-bond donors (Lipinski definition) is 1. The third-order valence-corrected chi connectivity index (χ3v) is 5.51. The Morgan fingerprint density at radius 2 is 2.04 bits per heavy atom. The van der Waals surface area contributed by atoms with Crippen molar-refractivity contribution in [3.63, 3.8) is 0 Å². The fourth-order valence-electron chi connectivity index (χ4n) is 3.34. The highest BCUT2D eigenvalue weighted by Crippen LogP contribution is 2.39. The molecule has 122 valence electrons. The van der Waals surface area contributed by atoms with Gasteiger partial charge in [0.05, 0.1) is 5.54 Å². The lowest BCUT2D eigenvalue weighted by atomic mass is 9.97. The van der Waals surface area contributed by atoms with E-state index in [4.69, 9.17) is 4.42 Å². The Labute approximate surface area is 142 Å². The molecular weight excluding hydrogens is 324 g/mol. The van der Waals surface area contributed by atoms with Crippen LogP contribution in [0.5, 0.6) is 0 Å². The minimum atomic E-state index is -0.613. The van der Waals surface area contributed by atoms with Crippen LogP contribution in [0, 0.1) is 0 Å². The summed E-state index contributed by atoms with van der Waals surface area (Å²) < 4.78 is 5.27. The number of amides is 1. The van der Waals surface area contributed by atoms with Gasteiger partial charge in [-0.05, 0) is 25.0 Å².